The maximum absolute atomic E-state index is 7.38. The van der Waals surface area contributed by atoms with Crippen molar-refractivity contribution in [2.75, 3.05) is 34.3 Å². The van der Waals surface area contributed by atoms with E-state index in [0.29, 0.717) is 0 Å². The van der Waals surface area contributed by atoms with Crippen LogP contribution in [-0.2, 0) is 0 Å². The molecule has 17 aromatic rings. The van der Waals surface area contributed by atoms with Crippen LogP contribution in [0.4, 0.5) is 119 Å². The van der Waals surface area contributed by atoms with Gasteiger partial charge in [-0.1, -0.05) is 231 Å². The molecule has 17 aromatic carbocycles. The Bertz CT molecular complexity index is 6390. The van der Waals surface area contributed by atoms with E-state index in [1.54, 1.807) is 0 Å². The number of ether oxygens (including phenoxy) is 2. The number of hydrogen-bond acceptors (Lipinski definition) is 9. The predicted molar refractivity (Wildman–Crippen MR) is 481 cm³/mol. The van der Waals surface area contributed by atoms with Gasteiger partial charge < -0.3 is 43.8 Å². The van der Waals surface area contributed by atoms with Gasteiger partial charge in [-0.3, -0.25) is 0 Å². The molecule has 8 aliphatic rings. The van der Waals surface area contributed by atoms with Gasteiger partial charge >= 0.3 is 0 Å². The molecule has 115 heavy (non-hydrogen) atoms. The van der Waals surface area contributed by atoms with E-state index in [2.05, 4.69) is 429 Å². The fourth-order valence-corrected chi connectivity index (χ4v) is 20.5. The van der Waals surface area contributed by atoms with Crippen LogP contribution in [0.15, 0.2) is 394 Å². The SMILES string of the molecule is c1ccc(N(c2ccccc2)c2cc3c4c(c2)N(c2ccccc2)c2cc5c(cc2B4c2ccccc2O3)B2c3ccccc3N3c4ccccc4B4c6cc7c(cc6N(c6ccccc6)c6cc(c2c3c64)N5c2ccccc2)N(c2ccccc2)c2cc(N(c3ccccc3)c3ccccc3)cc3c2B7c2ccccc2O3)cc1. The molecule has 0 spiro atoms. The molecule has 8 heterocycles. The summed E-state index contributed by atoms with van der Waals surface area (Å²) in [5.74, 6) is 3.37. The number of benzene rings is 17. The average molecular weight is 1460 g/mol. The molecule has 0 unspecified atom stereocenters. The van der Waals surface area contributed by atoms with Gasteiger partial charge in [-0.2, -0.15) is 0 Å². The number of hydrogen-bond donors (Lipinski definition) is 0. The van der Waals surface area contributed by atoms with Gasteiger partial charge in [-0.05, 0) is 217 Å². The standard InChI is InChI=1S/C102H65B4N7O2/c1-9-33-66(34-10-1)107(67-35-11-2-12-36-67)74-57-90-98-96(59-74)114-94-55-31-27-51-78(94)105(98)82-61-80-86(63-88(82)109(90)70-41-17-5-18-42-70)111(72-45-21-7-22-46-72)92-65-93-101-102-100(92)103(80)76-49-25-29-53-84(76)113(102)85-54-30-26-50-77(85)104(101)81-62-83-89(64-87(81)112(93)73-47-23-8-24-48-73)110(71-43-19-6-20-44-71)91-58-75(60-97-99(91)106(83)79-52-28-32-56-95(79)115-97)108(68-37-13-3-14-38-68)69-39-15-4-16-40-69/h1-65H. The van der Waals surface area contributed by atoms with Crippen LogP contribution in [0.1, 0.15) is 0 Å². The minimum Gasteiger partial charge on any atom is -0.458 e. The number of para-hydroxylation sites is 12. The van der Waals surface area contributed by atoms with Crippen LogP contribution in [-0.4, -0.2) is 26.9 Å². The topological polar surface area (TPSA) is 41.1 Å². The monoisotopic (exact) mass is 1460 g/mol. The van der Waals surface area contributed by atoms with Crippen molar-refractivity contribution in [2.24, 2.45) is 0 Å². The Morgan fingerprint density at radius 3 is 0.765 bits per heavy atom. The van der Waals surface area contributed by atoms with Gasteiger partial charge in [0, 0.05) is 120 Å². The molecular weight excluding hydrogens is 1400 g/mol. The van der Waals surface area contributed by atoms with Gasteiger partial charge in [0.05, 0.1) is 11.4 Å². The van der Waals surface area contributed by atoms with Gasteiger partial charge in [-0.25, -0.2) is 0 Å². The molecule has 0 aromatic heterocycles. The maximum Gasteiger partial charge on any atom is 0.256 e. The number of nitrogens with zero attached hydrogens (tertiary/aromatic N) is 7. The summed E-state index contributed by atoms with van der Waals surface area (Å²) in [5, 5.41) is 0. The molecule has 25 rings (SSSR count). The third kappa shape index (κ3) is 9.31. The van der Waals surface area contributed by atoms with E-state index in [4.69, 9.17) is 9.47 Å². The number of rotatable bonds is 10. The van der Waals surface area contributed by atoms with E-state index in [0.717, 1.165) is 147 Å². The van der Waals surface area contributed by atoms with Crippen LogP contribution >= 0.6 is 0 Å². The molecule has 0 atom stereocenters. The Morgan fingerprint density at radius 2 is 0.435 bits per heavy atom. The molecule has 0 radical (unpaired) electrons. The quantitative estimate of drug-likeness (QED) is 0.125. The highest BCUT2D eigenvalue weighted by atomic mass is 16.5. The molecule has 0 saturated heterocycles. The summed E-state index contributed by atoms with van der Waals surface area (Å²) in [7, 11) is 0. The number of fused-ring (bicyclic) bond motifs is 18. The molecule has 0 fully saturated rings. The Labute approximate surface area is 668 Å². The van der Waals surface area contributed by atoms with E-state index >= 15 is 0 Å². The zero-order valence-electron chi connectivity index (χ0n) is 62.3. The van der Waals surface area contributed by atoms with Crippen LogP contribution in [0.3, 0.4) is 0 Å². The summed E-state index contributed by atoms with van der Waals surface area (Å²) in [4.78, 5) is 17.7. The lowest BCUT2D eigenvalue weighted by atomic mass is 9.27. The molecule has 0 bridgehead atoms. The van der Waals surface area contributed by atoms with Crippen LogP contribution in [0.5, 0.6) is 23.0 Å². The molecule has 0 aliphatic carbocycles. The molecule has 532 valence electrons. The zero-order chi connectivity index (χ0) is 75.1. The molecule has 13 heteroatoms. The van der Waals surface area contributed by atoms with E-state index in [1.165, 1.54) is 60.8 Å². The highest BCUT2D eigenvalue weighted by molar-refractivity contribution is 7.06. The van der Waals surface area contributed by atoms with Crippen molar-refractivity contribution in [1.82, 2.24) is 0 Å². The van der Waals surface area contributed by atoms with Crippen molar-refractivity contribution in [2.45, 2.75) is 0 Å². The lowest BCUT2D eigenvalue weighted by Crippen LogP contribution is -2.70. The molecule has 0 N–H and O–H groups in total. The molecular formula is C102H65B4N7O2. The lowest BCUT2D eigenvalue weighted by Gasteiger charge is -2.51. The van der Waals surface area contributed by atoms with Crippen molar-refractivity contribution in [3.05, 3.63) is 394 Å². The van der Waals surface area contributed by atoms with Crippen LogP contribution in [0.2, 0.25) is 0 Å². The second-order valence-corrected chi connectivity index (χ2v) is 30.9. The highest BCUT2D eigenvalue weighted by Gasteiger charge is 2.55. The van der Waals surface area contributed by atoms with Crippen LogP contribution in [0, 0.1) is 0 Å². The van der Waals surface area contributed by atoms with Gasteiger partial charge in [-0.15, -0.1) is 0 Å². The first kappa shape index (κ1) is 63.9. The second-order valence-electron chi connectivity index (χ2n) is 30.9. The Morgan fingerprint density at radius 1 is 0.174 bits per heavy atom. The second kappa shape index (κ2) is 24.9. The Balaban J connectivity index is 0.768. The summed E-state index contributed by atoms with van der Waals surface area (Å²) < 4.78 is 14.8. The summed E-state index contributed by atoms with van der Waals surface area (Å²) in [6.07, 6.45) is 0. The predicted octanol–water partition coefficient (Wildman–Crippen LogP) is 18.1. The normalized spacial score (nSPS) is 13.7. The van der Waals surface area contributed by atoms with Gasteiger partial charge in [0.2, 0.25) is 0 Å². The van der Waals surface area contributed by atoms with Crippen molar-refractivity contribution >= 4 is 212 Å². The summed E-state index contributed by atoms with van der Waals surface area (Å²) >= 11 is 0. The van der Waals surface area contributed by atoms with Gasteiger partial charge in [0.1, 0.15) is 23.0 Å². The molecule has 0 amide bonds. The largest absolute Gasteiger partial charge is 0.458 e. The van der Waals surface area contributed by atoms with Crippen molar-refractivity contribution in [3.8, 4) is 23.0 Å². The highest BCUT2D eigenvalue weighted by Crippen LogP contribution is 2.55. The molecule has 0 saturated carbocycles. The Hall–Kier alpha value is -14.8. The first-order chi connectivity index (χ1) is 57.1. The summed E-state index contributed by atoms with van der Waals surface area (Å²) in [5.41, 5.74) is 37.3. The number of anilines is 21. The van der Waals surface area contributed by atoms with Crippen LogP contribution in [0.25, 0.3) is 0 Å². The van der Waals surface area contributed by atoms with Crippen molar-refractivity contribution in [3.63, 3.8) is 0 Å². The average Bonchev–Trinajstić information content (AvgIpc) is 0.661. The lowest BCUT2D eigenvalue weighted by molar-refractivity contribution is 0.487. The van der Waals surface area contributed by atoms with E-state index in [1.807, 2.05) is 0 Å². The summed E-state index contributed by atoms with van der Waals surface area (Å²) in [6.45, 7) is -0.875. The van der Waals surface area contributed by atoms with E-state index in [-0.39, 0.29) is 26.9 Å². The van der Waals surface area contributed by atoms with Crippen molar-refractivity contribution in [1.29, 1.82) is 0 Å². The van der Waals surface area contributed by atoms with Crippen molar-refractivity contribution < 1.29 is 9.47 Å². The maximum atomic E-state index is 7.38. The van der Waals surface area contributed by atoms with Gasteiger partial charge in [0.15, 0.2) is 0 Å². The van der Waals surface area contributed by atoms with E-state index in [9.17, 15) is 0 Å². The first-order valence-electron chi connectivity index (χ1n) is 39.8. The van der Waals surface area contributed by atoms with Gasteiger partial charge in [0.25, 0.3) is 26.9 Å². The third-order valence-electron chi connectivity index (χ3n) is 25.0. The van der Waals surface area contributed by atoms with Crippen LogP contribution < -0.4 is 109 Å². The Kier molecular flexibility index (Phi) is 13.8. The zero-order valence-corrected chi connectivity index (χ0v) is 62.3. The minimum absolute atomic E-state index is 0.211. The minimum atomic E-state index is -0.226. The first-order valence-corrected chi connectivity index (χ1v) is 39.8. The summed E-state index contributed by atoms with van der Waals surface area (Å²) in [6, 6.07) is 146. The third-order valence-corrected chi connectivity index (χ3v) is 25.0. The van der Waals surface area contributed by atoms with E-state index < -0.39 is 0 Å². The smallest absolute Gasteiger partial charge is 0.256 e. The fourth-order valence-electron chi connectivity index (χ4n) is 20.5. The fraction of sp³-hybridized carbons (Fsp3) is 0. The molecule has 8 aliphatic heterocycles. The molecule has 9 nitrogen and oxygen atoms in total.